The van der Waals surface area contributed by atoms with E-state index < -0.39 is 12.7 Å². The molecular weight excluding hydrogens is 470 g/mol. The number of aliphatic imine (C=N–C) groups is 1. The number of nitrogens with one attached hydrogen (secondary N) is 2. The molecular formula is C18H35F3IN5. The van der Waals surface area contributed by atoms with E-state index in [1.165, 1.54) is 24.2 Å². The van der Waals surface area contributed by atoms with Crippen LogP contribution in [0.25, 0.3) is 0 Å². The molecule has 160 valence electrons. The summed E-state index contributed by atoms with van der Waals surface area (Å²) < 4.78 is 37.6. The Bertz CT molecular complexity index is 461. The van der Waals surface area contributed by atoms with Gasteiger partial charge in [0, 0.05) is 37.8 Å². The first-order chi connectivity index (χ1) is 12.3. The van der Waals surface area contributed by atoms with E-state index >= 15 is 0 Å². The first-order valence-electron chi connectivity index (χ1n) is 9.88. The maximum Gasteiger partial charge on any atom is 0.401 e. The second kappa shape index (κ2) is 11.6. The van der Waals surface area contributed by atoms with Crippen molar-refractivity contribution in [1.29, 1.82) is 0 Å². The molecule has 3 unspecified atom stereocenters. The summed E-state index contributed by atoms with van der Waals surface area (Å²) in [5.41, 5.74) is 0. The van der Waals surface area contributed by atoms with Crippen LogP contribution in [0.3, 0.4) is 0 Å². The fourth-order valence-corrected chi connectivity index (χ4v) is 3.96. The predicted octanol–water partition coefficient (Wildman–Crippen LogP) is 3.06. The third-order valence-corrected chi connectivity index (χ3v) is 5.29. The number of hydrogen-bond donors (Lipinski definition) is 2. The van der Waals surface area contributed by atoms with Crippen molar-refractivity contribution in [3.05, 3.63) is 0 Å². The Morgan fingerprint density at radius 3 is 2.59 bits per heavy atom. The van der Waals surface area contributed by atoms with Gasteiger partial charge < -0.3 is 10.6 Å². The molecule has 2 fully saturated rings. The summed E-state index contributed by atoms with van der Waals surface area (Å²) in [5.74, 6) is 0.711. The van der Waals surface area contributed by atoms with Crippen LogP contribution in [-0.2, 0) is 0 Å². The predicted molar refractivity (Wildman–Crippen MR) is 115 cm³/mol. The van der Waals surface area contributed by atoms with Crippen LogP contribution in [0.2, 0.25) is 0 Å². The van der Waals surface area contributed by atoms with Crippen LogP contribution >= 0.6 is 24.0 Å². The van der Waals surface area contributed by atoms with Crippen molar-refractivity contribution in [1.82, 2.24) is 20.4 Å². The summed E-state index contributed by atoms with van der Waals surface area (Å²) in [6.07, 6.45) is 0.360. The Hall–Kier alpha value is -0.290. The summed E-state index contributed by atoms with van der Waals surface area (Å²) >= 11 is 0. The summed E-state index contributed by atoms with van der Waals surface area (Å²) in [4.78, 5) is 8.67. The lowest BCUT2D eigenvalue weighted by atomic mass is 10.0. The highest BCUT2D eigenvalue weighted by Gasteiger charge is 2.34. The van der Waals surface area contributed by atoms with E-state index in [4.69, 9.17) is 4.99 Å². The van der Waals surface area contributed by atoms with Gasteiger partial charge in [-0.25, -0.2) is 0 Å². The molecule has 2 N–H and O–H groups in total. The zero-order chi connectivity index (χ0) is 19.2. The molecule has 0 aromatic heterocycles. The smallest absolute Gasteiger partial charge is 0.357 e. The van der Waals surface area contributed by atoms with Crippen LogP contribution in [-0.4, -0.2) is 79.3 Å². The van der Waals surface area contributed by atoms with E-state index in [-0.39, 0.29) is 30.0 Å². The van der Waals surface area contributed by atoms with Crippen molar-refractivity contribution < 1.29 is 13.2 Å². The van der Waals surface area contributed by atoms with Crippen molar-refractivity contribution >= 4 is 29.9 Å². The van der Waals surface area contributed by atoms with Crippen LogP contribution in [0.5, 0.6) is 0 Å². The van der Waals surface area contributed by atoms with Crippen LogP contribution < -0.4 is 10.6 Å². The molecule has 27 heavy (non-hydrogen) atoms. The largest absolute Gasteiger partial charge is 0.401 e. The molecule has 2 heterocycles. The molecule has 0 aromatic carbocycles. The van der Waals surface area contributed by atoms with Crippen LogP contribution in [0.4, 0.5) is 13.2 Å². The second-order valence-corrected chi connectivity index (χ2v) is 7.63. The Morgan fingerprint density at radius 2 is 1.96 bits per heavy atom. The Labute approximate surface area is 178 Å². The van der Waals surface area contributed by atoms with Crippen LogP contribution in [0, 0.1) is 0 Å². The second-order valence-electron chi connectivity index (χ2n) is 7.63. The molecule has 9 heteroatoms. The van der Waals surface area contributed by atoms with Gasteiger partial charge in [-0.1, -0.05) is 6.42 Å². The number of likely N-dealkylation sites (tertiary alicyclic amines) is 2. The molecule has 0 spiro atoms. The highest BCUT2D eigenvalue weighted by atomic mass is 127. The molecule has 2 aliphatic rings. The zero-order valence-corrected chi connectivity index (χ0v) is 19.0. The molecule has 0 saturated carbocycles. The molecule has 0 bridgehead atoms. The van der Waals surface area contributed by atoms with E-state index in [1.54, 1.807) is 0 Å². The fourth-order valence-electron chi connectivity index (χ4n) is 3.96. The monoisotopic (exact) mass is 505 g/mol. The molecule has 3 atom stereocenters. The molecule has 0 amide bonds. The number of hydrogen-bond acceptors (Lipinski definition) is 3. The van der Waals surface area contributed by atoms with Gasteiger partial charge >= 0.3 is 6.18 Å². The van der Waals surface area contributed by atoms with Gasteiger partial charge in [0.05, 0.1) is 13.1 Å². The van der Waals surface area contributed by atoms with Gasteiger partial charge in [-0.3, -0.25) is 14.8 Å². The quantitative estimate of drug-likeness (QED) is 0.331. The van der Waals surface area contributed by atoms with Crippen LogP contribution in [0.1, 0.15) is 46.5 Å². The molecule has 0 radical (unpaired) electrons. The van der Waals surface area contributed by atoms with Crippen molar-refractivity contribution in [2.45, 2.75) is 70.8 Å². The van der Waals surface area contributed by atoms with Crippen molar-refractivity contribution in [3.8, 4) is 0 Å². The fraction of sp³-hybridized carbons (Fsp3) is 0.944. The minimum atomic E-state index is -4.13. The van der Waals surface area contributed by atoms with Crippen molar-refractivity contribution in [2.24, 2.45) is 4.99 Å². The van der Waals surface area contributed by atoms with Gasteiger partial charge in [-0.05, 0) is 46.6 Å². The lowest BCUT2D eigenvalue weighted by molar-refractivity contribution is -0.143. The molecule has 5 nitrogen and oxygen atoms in total. The average molecular weight is 505 g/mol. The average Bonchev–Trinajstić information content (AvgIpc) is 2.98. The van der Waals surface area contributed by atoms with Gasteiger partial charge in [-0.15, -0.1) is 24.0 Å². The molecule has 2 aliphatic heterocycles. The lowest BCUT2D eigenvalue weighted by Crippen LogP contribution is -2.47. The lowest BCUT2D eigenvalue weighted by Gasteiger charge is -2.37. The van der Waals surface area contributed by atoms with E-state index in [2.05, 4.69) is 29.4 Å². The first-order valence-corrected chi connectivity index (χ1v) is 9.88. The van der Waals surface area contributed by atoms with E-state index in [9.17, 15) is 13.2 Å². The number of guanidine groups is 1. The molecule has 0 aliphatic carbocycles. The van der Waals surface area contributed by atoms with Crippen LogP contribution in [0.15, 0.2) is 4.99 Å². The first kappa shape index (κ1) is 24.7. The number of piperidine rings is 1. The minimum absolute atomic E-state index is 0. The number of halogens is 4. The van der Waals surface area contributed by atoms with Gasteiger partial charge in [0.15, 0.2) is 5.96 Å². The molecule has 2 saturated heterocycles. The molecule has 2 rings (SSSR count). The van der Waals surface area contributed by atoms with Gasteiger partial charge in [0.1, 0.15) is 0 Å². The summed E-state index contributed by atoms with van der Waals surface area (Å²) in [7, 11) is 0. The number of rotatable bonds is 6. The van der Waals surface area contributed by atoms with E-state index in [1.807, 2.05) is 6.92 Å². The van der Waals surface area contributed by atoms with E-state index in [0.29, 0.717) is 44.1 Å². The summed E-state index contributed by atoms with van der Waals surface area (Å²) in [6.45, 7) is 9.07. The molecule has 0 aromatic rings. The third kappa shape index (κ3) is 8.72. The third-order valence-electron chi connectivity index (χ3n) is 5.29. The Kier molecular flexibility index (Phi) is 10.7. The van der Waals surface area contributed by atoms with E-state index in [0.717, 1.165) is 13.1 Å². The highest BCUT2D eigenvalue weighted by Crippen LogP contribution is 2.20. The standard InChI is InChI=1S/C18H34F3N5.HI/c1-4-22-17(23-11-15(3)26-9-6-5-7-14(26)2)24-16-8-10-25(12-16)13-18(19,20)21;/h14-16H,4-13H2,1-3H3,(H2,22,23,24);1H. The Balaban J connectivity index is 0.00000364. The minimum Gasteiger partial charge on any atom is -0.357 e. The van der Waals surface area contributed by atoms with Gasteiger partial charge in [0.25, 0.3) is 0 Å². The van der Waals surface area contributed by atoms with Crippen molar-refractivity contribution in [3.63, 3.8) is 0 Å². The number of nitrogens with zero attached hydrogens (tertiary/aromatic N) is 3. The SMILES string of the molecule is CCNC(=NCC(C)N1CCCCC1C)NC1CCN(CC(F)(F)F)C1.I. The van der Waals surface area contributed by atoms with Crippen molar-refractivity contribution in [2.75, 3.05) is 39.3 Å². The van der Waals surface area contributed by atoms with Gasteiger partial charge in [0.2, 0.25) is 0 Å². The number of alkyl halides is 3. The Morgan fingerprint density at radius 1 is 1.22 bits per heavy atom. The summed E-state index contributed by atoms with van der Waals surface area (Å²) in [6, 6.07) is 0.973. The maximum absolute atomic E-state index is 12.5. The normalized spacial score (nSPS) is 26.5. The van der Waals surface area contributed by atoms with Gasteiger partial charge in [-0.2, -0.15) is 13.2 Å². The zero-order valence-electron chi connectivity index (χ0n) is 16.7. The highest BCUT2D eigenvalue weighted by molar-refractivity contribution is 14.0. The topological polar surface area (TPSA) is 42.9 Å². The maximum atomic E-state index is 12.5. The summed E-state index contributed by atoms with van der Waals surface area (Å²) in [5, 5.41) is 6.54.